The second-order valence-corrected chi connectivity index (χ2v) is 4.75. The van der Waals surface area contributed by atoms with Crippen LogP contribution in [-0.4, -0.2) is 19.0 Å². The van der Waals surface area contributed by atoms with Gasteiger partial charge in [0.15, 0.2) is 5.78 Å². The molecular weight excluding hydrogens is 228 g/mol. The fraction of sp³-hybridized carbons (Fsp3) is 0.400. The minimum absolute atomic E-state index is 0.0188. The molecule has 3 heteroatoms. The van der Waals surface area contributed by atoms with Gasteiger partial charge in [-0.05, 0) is 18.1 Å². The van der Waals surface area contributed by atoms with E-state index in [0.29, 0.717) is 26.2 Å². The Morgan fingerprint density at radius 1 is 1.22 bits per heavy atom. The summed E-state index contributed by atoms with van der Waals surface area (Å²) in [6, 6.07) is 7.89. The molecule has 1 aromatic carbocycles. The lowest BCUT2D eigenvalue weighted by molar-refractivity contribution is -0.120. The van der Waals surface area contributed by atoms with Crippen LogP contribution in [0.4, 0.5) is 0 Å². The van der Waals surface area contributed by atoms with E-state index >= 15 is 0 Å². The lowest BCUT2D eigenvalue weighted by Crippen LogP contribution is -2.16. The smallest absolute Gasteiger partial charge is 0.164 e. The van der Waals surface area contributed by atoms with Gasteiger partial charge in [-0.2, -0.15) is 0 Å². The van der Waals surface area contributed by atoms with Gasteiger partial charge in [0.2, 0.25) is 0 Å². The normalized spacial score (nSPS) is 23.7. The molecule has 0 radical (unpaired) electrons. The average molecular weight is 244 g/mol. The van der Waals surface area contributed by atoms with E-state index in [-0.39, 0.29) is 11.7 Å². The van der Waals surface area contributed by atoms with Crippen LogP contribution < -0.4 is 4.74 Å². The predicted octanol–water partition coefficient (Wildman–Crippen LogP) is 2.50. The molecule has 0 amide bonds. The lowest BCUT2D eigenvalue weighted by atomic mass is 10.0. The molecule has 0 aromatic heterocycles. The van der Waals surface area contributed by atoms with E-state index in [1.807, 2.05) is 30.3 Å². The molecule has 1 heterocycles. The van der Waals surface area contributed by atoms with Crippen LogP contribution in [0.15, 0.2) is 35.9 Å². The largest absolute Gasteiger partial charge is 0.493 e. The standard InChI is InChI=1S/C15H16O3/c16-15-11-5-6-13(15)10-17-9-12-3-1-2-4-14(12)18-8-7-11/h1-5,13H,6-10H2. The molecule has 1 unspecified atom stereocenters. The highest BCUT2D eigenvalue weighted by Crippen LogP contribution is 2.27. The van der Waals surface area contributed by atoms with E-state index in [4.69, 9.17) is 9.47 Å². The van der Waals surface area contributed by atoms with Crippen molar-refractivity contribution in [3.63, 3.8) is 0 Å². The fourth-order valence-electron chi connectivity index (χ4n) is 2.47. The third kappa shape index (κ3) is 2.18. The van der Waals surface area contributed by atoms with E-state index in [1.165, 1.54) is 0 Å². The Hall–Kier alpha value is -1.61. The van der Waals surface area contributed by atoms with Gasteiger partial charge < -0.3 is 9.47 Å². The van der Waals surface area contributed by atoms with E-state index in [1.54, 1.807) is 0 Å². The number of hydrogen-bond donors (Lipinski definition) is 0. The van der Waals surface area contributed by atoms with Crippen molar-refractivity contribution in [2.45, 2.75) is 19.4 Å². The highest BCUT2D eigenvalue weighted by atomic mass is 16.5. The second kappa shape index (κ2) is 4.94. The Morgan fingerprint density at radius 3 is 3.06 bits per heavy atom. The molecule has 0 saturated heterocycles. The zero-order valence-corrected chi connectivity index (χ0v) is 10.2. The van der Waals surface area contributed by atoms with Gasteiger partial charge in [-0.25, -0.2) is 0 Å². The molecule has 2 bridgehead atoms. The first-order chi connectivity index (χ1) is 8.84. The fourth-order valence-corrected chi connectivity index (χ4v) is 2.47. The van der Waals surface area contributed by atoms with Crippen molar-refractivity contribution in [2.24, 2.45) is 5.92 Å². The van der Waals surface area contributed by atoms with E-state index in [2.05, 4.69) is 0 Å². The summed E-state index contributed by atoms with van der Waals surface area (Å²) in [6.07, 6.45) is 3.55. The Kier molecular flexibility index (Phi) is 3.15. The molecule has 1 atom stereocenters. The first-order valence-electron chi connectivity index (χ1n) is 6.36. The number of carbonyl (C=O) groups is 1. The molecular formula is C15H16O3. The summed E-state index contributed by atoms with van der Waals surface area (Å²) >= 11 is 0. The van der Waals surface area contributed by atoms with Crippen LogP contribution in [0.3, 0.4) is 0 Å². The van der Waals surface area contributed by atoms with Crippen LogP contribution in [0.1, 0.15) is 18.4 Å². The van der Waals surface area contributed by atoms with E-state index < -0.39 is 0 Å². The molecule has 3 rings (SSSR count). The number of allylic oxidation sites excluding steroid dienone is 1. The monoisotopic (exact) mass is 244 g/mol. The number of carbonyl (C=O) groups excluding carboxylic acids is 1. The number of fused-ring (bicyclic) bond motifs is 3. The van der Waals surface area contributed by atoms with Crippen LogP contribution in [0, 0.1) is 5.92 Å². The van der Waals surface area contributed by atoms with Crippen molar-refractivity contribution >= 4 is 5.78 Å². The van der Waals surface area contributed by atoms with Gasteiger partial charge in [-0.1, -0.05) is 24.3 Å². The van der Waals surface area contributed by atoms with Crippen molar-refractivity contribution < 1.29 is 14.3 Å². The number of para-hydroxylation sites is 1. The Labute approximate surface area is 106 Å². The summed E-state index contributed by atoms with van der Waals surface area (Å²) in [5, 5.41) is 0. The maximum atomic E-state index is 12.0. The molecule has 3 nitrogen and oxygen atoms in total. The molecule has 0 fully saturated rings. The van der Waals surface area contributed by atoms with Crippen LogP contribution in [0.25, 0.3) is 0 Å². The highest BCUT2D eigenvalue weighted by molar-refractivity contribution is 5.99. The molecule has 0 saturated carbocycles. The SMILES string of the molecule is O=C1C2=CCC1COCc1ccccc1OCC2. The zero-order chi connectivity index (χ0) is 12.4. The van der Waals surface area contributed by atoms with Crippen molar-refractivity contribution in [3.8, 4) is 5.75 Å². The summed E-state index contributed by atoms with van der Waals surface area (Å²) < 4.78 is 11.4. The summed E-state index contributed by atoms with van der Waals surface area (Å²) in [7, 11) is 0. The maximum Gasteiger partial charge on any atom is 0.164 e. The third-order valence-corrected chi connectivity index (χ3v) is 3.51. The minimum Gasteiger partial charge on any atom is -0.493 e. The average Bonchev–Trinajstić information content (AvgIpc) is 2.71. The molecule has 0 N–H and O–H groups in total. The van der Waals surface area contributed by atoms with Crippen molar-refractivity contribution in [2.75, 3.05) is 13.2 Å². The molecule has 2 aliphatic rings. The predicted molar refractivity (Wildman–Crippen MR) is 67.4 cm³/mol. The first-order valence-corrected chi connectivity index (χ1v) is 6.36. The number of ketones is 1. The molecule has 1 aromatic rings. The van der Waals surface area contributed by atoms with Gasteiger partial charge in [-0.3, -0.25) is 4.79 Å². The maximum absolute atomic E-state index is 12.0. The lowest BCUT2D eigenvalue weighted by Gasteiger charge is -2.11. The molecule has 94 valence electrons. The summed E-state index contributed by atoms with van der Waals surface area (Å²) in [5.41, 5.74) is 1.96. The highest BCUT2D eigenvalue weighted by Gasteiger charge is 2.27. The van der Waals surface area contributed by atoms with Crippen molar-refractivity contribution in [1.29, 1.82) is 0 Å². The third-order valence-electron chi connectivity index (χ3n) is 3.51. The zero-order valence-electron chi connectivity index (χ0n) is 10.2. The van der Waals surface area contributed by atoms with Gasteiger partial charge in [0.1, 0.15) is 5.75 Å². The summed E-state index contributed by atoms with van der Waals surface area (Å²) in [6.45, 7) is 1.57. The molecule has 1 aliphatic carbocycles. The number of Topliss-reactive ketones (excluding diaryl/α,β-unsaturated/α-hetero) is 1. The summed E-state index contributed by atoms with van der Waals surface area (Å²) in [4.78, 5) is 12.0. The first kappa shape index (κ1) is 11.5. The van der Waals surface area contributed by atoms with Gasteiger partial charge >= 0.3 is 0 Å². The topological polar surface area (TPSA) is 35.5 Å². The van der Waals surface area contributed by atoms with E-state index in [9.17, 15) is 4.79 Å². The van der Waals surface area contributed by atoms with Gasteiger partial charge in [-0.15, -0.1) is 0 Å². The van der Waals surface area contributed by atoms with Gasteiger partial charge in [0.05, 0.1) is 19.8 Å². The minimum atomic E-state index is 0.0188. The Balaban J connectivity index is 1.81. The van der Waals surface area contributed by atoms with Crippen molar-refractivity contribution in [3.05, 3.63) is 41.5 Å². The summed E-state index contributed by atoms with van der Waals surface area (Å²) in [5.74, 6) is 1.12. The van der Waals surface area contributed by atoms with Crippen LogP contribution in [0.2, 0.25) is 0 Å². The molecule has 18 heavy (non-hydrogen) atoms. The Bertz CT molecular complexity index is 490. The van der Waals surface area contributed by atoms with E-state index in [0.717, 1.165) is 23.3 Å². The number of hydrogen-bond acceptors (Lipinski definition) is 3. The van der Waals surface area contributed by atoms with Gasteiger partial charge in [0.25, 0.3) is 0 Å². The second-order valence-electron chi connectivity index (χ2n) is 4.75. The van der Waals surface area contributed by atoms with Crippen LogP contribution >= 0.6 is 0 Å². The number of benzene rings is 1. The van der Waals surface area contributed by atoms with Crippen molar-refractivity contribution in [1.82, 2.24) is 0 Å². The molecule has 0 spiro atoms. The van der Waals surface area contributed by atoms with Crippen LogP contribution in [-0.2, 0) is 16.1 Å². The quantitative estimate of drug-likeness (QED) is 0.703. The Morgan fingerprint density at radius 2 is 2.11 bits per heavy atom. The molecule has 1 aliphatic heterocycles. The van der Waals surface area contributed by atoms with Gasteiger partial charge in [0, 0.05) is 17.9 Å². The number of ether oxygens (including phenoxy) is 2. The van der Waals surface area contributed by atoms with Crippen LogP contribution in [0.5, 0.6) is 5.75 Å². The number of rotatable bonds is 0.